The van der Waals surface area contributed by atoms with E-state index in [1.54, 1.807) is 12.1 Å². The van der Waals surface area contributed by atoms with E-state index in [0.717, 1.165) is 22.5 Å². The third-order valence-electron chi connectivity index (χ3n) is 2.83. The molecule has 2 heterocycles. The van der Waals surface area contributed by atoms with Crippen LogP contribution in [0.25, 0.3) is 16.9 Å². The molecule has 3 rings (SSSR count). The van der Waals surface area contributed by atoms with E-state index in [9.17, 15) is 4.39 Å². The Morgan fingerprint density at radius 3 is 2.83 bits per heavy atom. The maximum atomic E-state index is 13.1. The number of imidazole rings is 1. The summed E-state index contributed by atoms with van der Waals surface area (Å²) < 4.78 is 15.0. The summed E-state index contributed by atoms with van der Waals surface area (Å²) in [6, 6.07) is 8.62. The second-order valence-corrected chi connectivity index (χ2v) is 4.63. The predicted octanol–water partition coefficient (Wildman–Crippen LogP) is 4.10. The fourth-order valence-electron chi connectivity index (χ4n) is 1.88. The fourth-order valence-corrected chi connectivity index (χ4v) is 2.06. The molecule has 0 atom stereocenters. The number of rotatable bonds is 1. The first-order valence-corrected chi connectivity index (χ1v) is 5.92. The SMILES string of the molecule is Cc1ccn2cc(-c3ccc(F)c(Cl)c3)nc2c1. The quantitative estimate of drug-likeness (QED) is 0.644. The van der Waals surface area contributed by atoms with Crippen LogP contribution in [0, 0.1) is 12.7 Å². The lowest BCUT2D eigenvalue weighted by atomic mass is 10.2. The molecular formula is C14H10ClFN2. The molecule has 0 aliphatic rings. The largest absolute Gasteiger partial charge is 0.306 e. The number of nitrogens with zero attached hydrogens (tertiary/aromatic N) is 2. The van der Waals surface area contributed by atoms with Crippen LogP contribution in [0.1, 0.15) is 5.56 Å². The van der Waals surface area contributed by atoms with Crippen LogP contribution in [0.2, 0.25) is 5.02 Å². The number of aryl methyl sites for hydroxylation is 1. The molecule has 0 aliphatic heterocycles. The summed E-state index contributed by atoms with van der Waals surface area (Å²) in [6.45, 7) is 2.02. The van der Waals surface area contributed by atoms with Crippen LogP contribution in [-0.2, 0) is 0 Å². The molecule has 0 bridgehead atoms. The van der Waals surface area contributed by atoms with Crippen molar-refractivity contribution in [1.82, 2.24) is 9.38 Å². The highest BCUT2D eigenvalue weighted by atomic mass is 35.5. The molecule has 0 aliphatic carbocycles. The third kappa shape index (κ3) is 1.87. The Hall–Kier alpha value is -1.87. The summed E-state index contributed by atoms with van der Waals surface area (Å²) >= 11 is 5.78. The van der Waals surface area contributed by atoms with Crippen molar-refractivity contribution in [3.05, 3.63) is 59.1 Å². The van der Waals surface area contributed by atoms with Crippen molar-refractivity contribution in [1.29, 1.82) is 0 Å². The van der Waals surface area contributed by atoms with Crippen LogP contribution >= 0.6 is 11.6 Å². The molecule has 0 spiro atoms. The van der Waals surface area contributed by atoms with Crippen molar-refractivity contribution < 1.29 is 4.39 Å². The number of hydrogen-bond acceptors (Lipinski definition) is 1. The summed E-state index contributed by atoms with van der Waals surface area (Å²) in [5, 5.41) is 0.112. The number of hydrogen-bond donors (Lipinski definition) is 0. The molecule has 3 aromatic rings. The summed E-state index contributed by atoms with van der Waals surface area (Å²) in [6.07, 6.45) is 3.85. The van der Waals surface area contributed by atoms with Crippen molar-refractivity contribution >= 4 is 17.2 Å². The van der Waals surface area contributed by atoms with E-state index in [1.165, 1.54) is 6.07 Å². The third-order valence-corrected chi connectivity index (χ3v) is 3.12. The van der Waals surface area contributed by atoms with Gasteiger partial charge in [-0.2, -0.15) is 0 Å². The van der Waals surface area contributed by atoms with Crippen molar-refractivity contribution in [3.63, 3.8) is 0 Å². The van der Waals surface area contributed by atoms with E-state index in [2.05, 4.69) is 4.98 Å². The fraction of sp³-hybridized carbons (Fsp3) is 0.0714. The summed E-state index contributed by atoms with van der Waals surface area (Å²) in [4.78, 5) is 4.50. The maximum absolute atomic E-state index is 13.1. The second kappa shape index (κ2) is 4.10. The summed E-state index contributed by atoms with van der Waals surface area (Å²) in [7, 11) is 0. The minimum atomic E-state index is -0.417. The standard InChI is InChI=1S/C14H10ClFN2/c1-9-4-5-18-8-13(17-14(18)6-9)10-2-3-12(16)11(15)7-10/h2-8H,1H3. The van der Waals surface area contributed by atoms with Gasteiger partial charge in [0.1, 0.15) is 11.5 Å². The molecule has 18 heavy (non-hydrogen) atoms. The predicted molar refractivity (Wildman–Crippen MR) is 70.3 cm³/mol. The van der Waals surface area contributed by atoms with Gasteiger partial charge in [-0.1, -0.05) is 11.6 Å². The molecule has 90 valence electrons. The first-order valence-electron chi connectivity index (χ1n) is 5.54. The van der Waals surface area contributed by atoms with Crippen molar-refractivity contribution in [2.45, 2.75) is 6.92 Å². The molecule has 0 unspecified atom stereocenters. The summed E-state index contributed by atoms with van der Waals surface area (Å²) in [5.74, 6) is -0.417. The molecular weight excluding hydrogens is 251 g/mol. The Labute approximate surface area is 109 Å². The van der Waals surface area contributed by atoms with Crippen molar-refractivity contribution in [2.24, 2.45) is 0 Å². The number of aromatic nitrogens is 2. The minimum Gasteiger partial charge on any atom is -0.306 e. The van der Waals surface area contributed by atoms with Gasteiger partial charge in [-0.3, -0.25) is 0 Å². The highest BCUT2D eigenvalue weighted by Gasteiger charge is 2.07. The Kier molecular flexibility index (Phi) is 2.56. The molecule has 2 aromatic heterocycles. The monoisotopic (exact) mass is 260 g/mol. The number of benzene rings is 1. The van der Waals surface area contributed by atoms with Gasteiger partial charge in [0.15, 0.2) is 0 Å². The zero-order chi connectivity index (χ0) is 12.7. The Morgan fingerprint density at radius 1 is 1.22 bits per heavy atom. The highest BCUT2D eigenvalue weighted by Crippen LogP contribution is 2.24. The Morgan fingerprint density at radius 2 is 2.06 bits per heavy atom. The zero-order valence-electron chi connectivity index (χ0n) is 9.69. The van der Waals surface area contributed by atoms with Crippen LogP contribution in [0.3, 0.4) is 0 Å². The van der Waals surface area contributed by atoms with Crippen LogP contribution in [0.5, 0.6) is 0 Å². The van der Waals surface area contributed by atoms with Crippen LogP contribution < -0.4 is 0 Å². The van der Waals surface area contributed by atoms with Crippen LogP contribution in [-0.4, -0.2) is 9.38 Å². The van der Waals surface area contributed by atoms with Gasteiger partial charge in [-0.05, 0) is 42.8 Å². The molecule has 0 N–H and O–H groups in total. The van der Waals surface area contributed by atoms with E-state index in [0.29, 0.717) is 0 Å². The van der Waals surface area contributed by atoms with Crippen LogP contribution in [0.4, 0.5) is 4.39 Å². The first-order chi connectivity index (χ1) is 8.63. The van der Waals surface area contributed by atoms with Gasteiger partial charge in [0.05, 0.1) is 10.7 Å². The molecule has 1 aromatic carbocycles. The molecule has 0 radical (unpaired) electrons. The van der Waals surface area contributed by atoms with Gasteiger partial charge in [-0.25, -0.2) is 9.37 Å². The minimum absolute atomic E-state index is 0.112. The molecule has 0 fully saturated rings. The van der Waals surface area contributed by atoms with Crippen molar-refractivity contribution in [3.8, 4) is 11.3 Å². The lowest BCUT2D eigenvalue weighted by molar-refractivity contribution is 0.628. The summed E-state index contributed by atoms with van der Waals surface area (Å²) in [5.41, 5.74) is 3.60. The lowest BCUT2D eigenvalue weighted by Crippen LogP contribution is -1.81. The zero-order valence-corrected chi connectivity index (χ0v) is 10.4. The topological polar surface area (TPSA) is 17.3 Å². The molecule has 4 heteroatoms. The Bertz CT molecular complexity index is 734. The van der Waals surface area contributed by atoms with E-state index in [1.807, 2.05) is 35.9 Å². The second-order valence-electron chi connectivity index (χ2n) is 4.22. The number of pyridine rings is 1. The van der Waals surface area contributed by atoms with E-state index >= 15 is 0 Å². The van der Waals surface area contributed by atoms with Gasteiger partial charge in [0, 0.05) is 18.0 Å². The van der Waals surface area contributed by atoms with Gasteiger partial charge >= 0.3 is 0 Å². The Balaban J connectivity index is 2.16. The molecule has 0 saturated heterocycles. The van der Waals surface area contributed by atoms with Crippen LogP contribution in [0.15, 0.2) is 42.7 Å². The van der Waals surface area contributed by atoms with Gasteiger partial charge in [0.2, 0.25) is 0 Å². The van der Waals surface area contributed by atoms with Crippen molar-refractivity contribution in [2.75, 3.05) is 0 Å². The molecule has 2 nitrogen and oxygen atoms in total. The van der Waals surface area contributed by atoms with Gasteiger partial charge in [0.25, 0.3) is 0 Å². The lowest BCUT2D eigenvalue weighted by Gasteiger charge is -1.97. The first kappa shape index (κ1) is 11.2. The van der Waals surface area contributed by atoms with E-state index < -0.39 is 5.82 Å². The van der Waals surface area contributed by atoms with Gasteiger partial charge < -0.3 is 4.40 Å². The average Bonchev–Trinajstić information content (AvgIpc) is 2.75. The van der Waals surface area contributed by atoms with E-state index in [-0.39, 0.29) is 5.02 Å². The number of halogens is 2. The van der Waals surface area contributed by atoms with E-state index in [4.69, 9.17) is 11.6 Å². The normalized spacial score (nSPS) is 11.1. The average molecular weight is 261 g/mol. The maximum Gasteiger partial charge on any atom is 0.141 e. The molecule has 0 saturated carbocycles. The smallest absolute Gasteiger partial charge is 0.141 e. The van der Waals surface area contributed by atoms with Gasteiger partial charge in [-0.15, -0.1) is 0 Å². The molecule has 0 amide bonds. The number of fused-ring (bicyclic) bond motifs is 1. The highest BCUT2D eigenvalue weighted by molar-refractivity contribution is 6.31.